The zero-order valence-electron chi connectivity index (χ0n) is 14.4. The standard InChI is InChI=1S/C20H19N3O2S/c1-13(24)21-14-6-4-7-15(12-14)22-19(25)18-16-8-5-9-17(16)26-20(18)23-10-2-3-11-23/h2-4,6-7,10-12H,5,8-9H2,1H3,(H,21,24)(H,22,25). The Bertz CT molecular complexity index is 973. The van der Waals surface area contributed by atoms with Crippen LogP contribution in [0.1, 0.15) is 34.1 Å². The summed E-state index contributed by atoms with van der Waals surface area (Å²) in [6, 6.07) is 11.1. The van der Waals surface area contributed by atoms with E-state index in [1.165, 1.54) is 17.4 Å². The number of nitrogens with zero attached hydrogens (tertiary/aromatic N) is 1. The lowest BCUT2D eigenvalue weighted by atomic mass is 10.1. The second-order valence-corrected chi connectivity index (χ2v) is 7.43. The molecule has 1 aromatic carbocycles. The summed E-state index contributed by atoms with van der Waals surface area (Å²) >= 11 is 1.70. The van der Waals surface area contributed by atoms with Crippen LogP contribution in [0.25, 0.3) is 5.00 Å². The molecule has 1 aliphatic rings. The van der Waals surface area contributed by atoms with Crippen molar-refractivity contribution in [2.75, 3.05) is 10.6 Å². The number of rotatable bonds is 4. The highest BCUT2D eigenvalue weighted by Gasteiger charge is 2.27. The summed E-state index contributed by atoms with van der Waals surface area (Å²) in [5.41, 5.74) is 3.27. The van der Waals surface area contributed by atoms with E-state index in [0.717, 1.165) is 29.8 Å². The van der Waals surface area contributed by atoms with Crippen LogP contribution in [-0.2, 0) is 17.6 Å². The number of hydrogen-bond donors (Lipinski definition) is 2. The number of carbonyl (C=O) groups is 2. The summed E-state index contributed by atoms with van der Waals surface area (Å²) in [5, 5.41) is 6.70. The first-order valence-corrected chi connectivity index (χ1v) is 9.40. The van der Waals surface area contributed by atoms with E-state index in [1.807, 2.05) is 41.2 Å². The molecule has 0 spiro atoms. The molecule has 2 amide bonds. The van der Waals surface area contributed by atoms with Gasteiger partial charge < -0.3 is 15.2 Å². The van der Waals surface area contributed by atoms with Gasteiger partial charge in [-0.3, -0.25) is 9.59 Å². The molecule has 0 fully saturated rings. The van der Waals surface area contributed by atoms with E-state index in [0.29, 0.717) is 11.4 Å². The lowest BCUT2D eigenvalue weighted by Gasteiger charge is -2.10. The molecule has 2 aromatic heterocycles. The van der Waals surface area contributed by atoms with Gasteiger partial charge in [0.05, 0.1) is 5.56 Å². The summed E-state index contributed by atoms with van der Waals surface area (Å²) < 4.78 is 2.01. The van der Waals surface area contributed by atoms with E-state index in [1.54, 1.807) is 23.5 Å². The van der Waals surface area contributed by atoms with Crippen LogP contribution in [0, 0.1) is 0 Å². The number of aromatic nitrogens is 1. The van der Waals surface area contributed by atoms with E-state index < -0.39 is 0 Å². The number of nitrogens with one attached hydrogen (secondary N) is 2. The van der Waals surface area contributed by atoms with Gasteiger partial charge in [0.2, 0.25) is 5.91 Å². The van der Waals surface area contributed by atoms with Crippen LogP contribution in [0.2, 0.25) is 0 Å². The molecular weight excluding hydrogens is 346 g/mol. The lowest BCUT2D eigenvalue weighted by Crippen LogP contribution is -2.15. The average Bonchev–Trinajstić information content (AvgIpc) is 3.30. The van der Waals surface area contributed by atoms with Gasteiger partial charge in [-0.2, -0.15) is 0 Å². The van der Waals surface area contributed by atoms with Gasteiger partial charge in [-0.05, 0) is 55.2 Å². The highest BCUT2D eigenvalue weighted by Crippen LogP contribution is 2.38. The molecule has 6 heteroatoms. The minimum Gasteiger partial charge on any atom is -0.326 e. The molecule has 0 atom stereocenters. The third-order valence-corrected chi connectivity index (χ3v) is 5.71. The van der Waals surface area contributed by atoms with Crippen molar-refractivity contribution in [3.05, 3.63) is 64.8 Å². The van der Waals surface area contributed by atoms with Crippen molar-refractivity contribution in [1.29, 1.82) is 0 Å². The number of anilines is 2. The number of benzene rings is 1. The van der Waals surface area contributed by atoms with Crippen LogP contribution < -0.4 is 10.6 Å². The molecule has 0 bridgehead atoms. The maximum absolute atomic E-state index is 13.1. The van der Waals surface area contributed by atoms with Crippen molar-refractivity contribution >= 4 is 34.5 Å². The molecule has 0 saturated heterocycles. The monoisotopic (exact) mass is 365 g/mol. The smallest absolute Gasteiger partial charge is 0.258 e. The predicted molar refractivity (Wildman–Crippen MR) is 104 cm³/mol. The Morgan fingerprint density at radius 2 is 1.77 bits per heavy atom. The van der Waals surface area contributed by atoms with Crippen molar-refractivity contribution in [2.24, 2.45) is 0 Å². The molecule has 26 heavy (non-hydrogen) atoms. The predicted octanol–water partition coefficient (Wildman–Crippen LogP) is 4.24. The maximum Gasteiger partial charge on any atom is 0.258 e. The Labute approximate surface area is 155 Å². The van der Waals surface area contributed by atoms with Crippen LogP contribution in [0.5, 0.6) is 0 Å². The topological polar surface area (TPSA) is 63.1 Å². The fourth-order valence-corrected chi connectivity index (χ4v) is 4.70. The van der Waals surface area contributed by atoms with Crippen molar-refractivity contribution in [3.8, 4) is 5.00 Å². The first kappa shape index (κ1) is 16.6. The molecule has 2 N–H and O–H groups in total. The molecule has 3 aromatic rings. The number of fused-ring (bicyclic) bond motifs is 1. The molecule has 0 aliphatic heterocycles. The normalized spacial score (nSPS) is 12.7. The van der Waals surface area contributed by atoms with Gasteiger partial charge >= 0.3 is 0 Å². The van der Waals surface area contributed by atoms with E-state index in [9.17, 15) is 9.59 Å². The van der Waals surface area contributed by atoms with E-state index in [2.05, 4.69) is 10.6 Å². The molecule has 4 rings (SSSR count). The highest BCUT2D eigenvalue weighted by atomic mass is 32.1. The summed E-state index contributed by atoms with van der Waals surface area (Å²) in [6.45, 7) is 1.46. The molecule has 1 aliphatic carbocycles. The Balaban J connectivity index is 1.66. The molecule has 0 radical (unpaired) electrons. The fraction of sp³-hybridized carbons (Fsp3) is 0.200. The SMILES string of the molecule is CC(=O)Nc1cccc(NC(=O)c2c(-n3cccc3)sc3c2CCC3)c1. The van der Waals surface area contributed by atoms with Crippen molar-refractivity contribution in [2.45, 2.75) is 26.2 Å². The van der Waals surface area contributed by atoms with E-state index in [4.69, 9.17) is 0 Å². The Morgan fingerprint density at radius 3 is 2.50 bits per heavy atom. The van der Waals surface area contributed by atoms with Gasteiger partial charge in [-0.15, -0.1) is 11.3 Å². The van der Waals surface area contributed by atoms with Crippen LogP contribution in [0.15, 0.2) is 48.8 Å². The Morgan fingerprint density at radius 1 is 1.04 bits per heavy atom. The Hall–Kier alpha value is -2.86. The van der Waals surface area contributed by atoms with E-state index in [-0.39, 0.29) is 11.8 Å². The first-order chi connectivity index (χ1) is 12.6. The molecular formula is C20H19N3O2S. The van der Waals surface area contributed by atoms with Crippen molar-refractivity contribution in [1.82, 2.24) is 4.57 Å². The number of hydrogen-bond acceptors (Lipinski definition) is 3. The lowest BCUT2D eigenvalue weighted by molar-refractivity contribution is -0.114. The van der Waals surface area contributed by atoms with Crippen molar-refractivity contribution in [3.63, 3.8) is 0 Å². The van der Waals surface area contributed by atoms with E-state index >= 15 is 0 Å². The molecule has 132 valence electrons. The number of amides is 2. The summed E-state index contributed by atoms with van der Waals surface area (Å²) in [4.78, 5) is 25.6. The van der Waals surface area contributed by atoms with Gasteiger partial charge in [0.1, 0.15) is 5.00 Å². The van der Waals surface area contributed by atoms with Gasteiger partial charge in [-0.1, -0.05) is 6.07 Å². The summed E-state index contributed by atoms with van der Waals surface area (Å²) in [6.07, 6.45) is 7.02. The van der Waals surface area contributed by atoms with Gasteiger partial charge in [0, 0.05) is 35.6 Å². The molecule has 0 saturated carbocycles. The average molecular weight is 365 g/mol. The van der Waals surface area contributed by atoms with Crippen LogP contribution in [0.4, 0.5) is 11.4 Å². The zero-order valence-corrected chi connectivity index (χ0v) is 15.2. The summed E-state index contributed by atoms with van der Waals surface area (Å²) in [7, 11) is 0. The minimum absolute atomic E-state index is 0.104. The van der Waals surface area contributed by atoms with Crippen LogP contribution in [0.3, 0.4) is 0 Å². The second kappa shape index (κ2) is 6.80. The minimum atomic E-state index is -0.140. The molecule has 5 nitrogen and oxygen atoms in total. The first-order valence-electron chi connectivity index (χ1n) is 8.58. The molecule has 0 unspecified atom stereocenters. The maximum atomic E-state index is 13.1. The number of carbonyl (C=O) groups excluding carboxylic acids is 2. The highest BCUT2D eigenvalue weighted by molar-refractivity contribution is 7.15. The van der Waals surface area contributed by atoms with Gasteiger partial charge in [0.25, 0.3) is 5.91 Å². The van der Waals surface area contributed by atoms with Crippen LogP contribution in [-0.4, -0.2) is 16.4 Å². The third-order valence-electron chi connectivity index (χ3n) is 4.41. The third kappa shape index (κ3) is 3.15. The number of aryl methyl sites for hydroxylation is 1. The number of thiophene rings is 1. The Kier molecular flexibility index (Phi) is 4.34. The van der Waals surface area contributed by atoms with Gasteiger partial charge in [-0.25, -0.2) is 0 Å². The molecule has 2 heterocycles. The van der Waals surface area contributed by atoms with Gasteiger partial charge in [0.15, 0.2) is 0 Å². The fourth-order valence-electron chi connectivity index (χ4n) is 3.35. The quantitative estimate of drug-likeness (QED) is 0.726. The van der Waals surface area contributed by atoms with Crippen LogP contribution >= 0.6 is 11.3 Å². The largest absolute Gasteiger partial charge is 0.326 e. The second-order valence-electron chi connectivity index (χ2n) is 6.34. The zero-order chi connectivity index (χ0) is 18.1. The van der Waals surface area contributed by atoms with Crippen molar-refractivity contribution < 1.29 is 9.59 Å². The summed E-state index contributed by atoms with van der Waals surface area (Å²) in [5.74, 6) is -0.243.